The first-order chi connectivity index (χ1) is 13.1. The van der Waals surface area contributed by atoms with E-state index in [2.05, 4.69) is 15.4 Å². The van der Waals surface area contributed by atoms with Gasteiger partial charge in [0.15, 0.2) is 0 Å². The van der Waals surface area contributed by atoms with Gasteiger partial charge in [-0.2, -0.15) is 5.10 Å². The van der Waals surface area contributed by atoms with E-state index in [0.717, 1.165) is 17.5 Å². The van der Waals surface area contributed by atoms with Crippen molar-refractivity contribution >= 4 is 5.91 Å². The first-order valence-corrected chi connectivity index (χ1v) is 8.56. The fraction of sp³-hybridized carbons (Fsp3) is 0.250. The third-order valence-corrected chi connectivity index (χ3v) is 4.24. The molecule has 0 fully saturated rings. The number of aromatic nitrogens is 3. The number of hydrogen-bond donors (Lipinski definition) is 1. The normalized spacial score (nSPS) is 10.5. The third-order valence-electron chi connectivity index (χ3n) is 4.24. The van der Waals surface area contributed by atoms with Crippen molar-refractivity contribution in [1.82, 2.24) is 20.1 Å². The minimum Gasteiger partial charge on any atom is -0.497 e. The Morgan fingerprint density at radius 3 is 2.59 bits per heavy atom. The number of hydrogen-bond acceptors (Lipinski definition) is 5. The summed E-state index contributed by atoms with van der Waals surface area (Å²) in [5.41, 5.74) is 3.01. The Bertz CT molecular complexity index is 922. The Kier molecular flexibility index (Phi) is 5.71. The van der Waals surface area contributed by atoms with Crippen LogP contribution in [0.25, 0.3) is 11.3 Å². The molecule has 3 rings (SSSR count). The van der Waals surface area contributed by atoms with E-state index in [1.54, 1.807) is 44.4 Å². The lowest BCUT2D eigenvalue weighted by Crippen LogP contribution is -2.27. The van der Waals surface area contributed by atoms with Crippen LogP contribution in [0.1, 0.15) is 16.1 Å². The second kappa shape index (κ2) is 8.35. The summed E-state index contributed by atoms with van der Waals surface area (Å²) in [6.45, 7) is 0.534. The fourth-order valence-electron chi connectivity index (χ4n) is 2.79. The molecule has 0 spiro atoms. The SMILES string of the molecule is COc1ccc(OC)c(-c2cc(C(=O)NCCc3ccncc3)n(C)n2)c1. The second-order valence-electron chi connectivity index (χ2n) is 5.97. The summed E-state index contributed by atoms with van der Waals surface area (Å²) >= 11 is 0. The molecule has 3 aromatic rings. The summed E-state index contributed by atoms with van der Waals surface area (Å²) in [6, 6.07) is 11.1. The van der Waals surface area contributed by atoms with Crippen LogP contribution >= 0.6 is 0 Å². The van der Waals surface area contributed by atoms with Crippen molar-refractivity contribution in [3.8, 4) is 22.8 Å². The number of methoxy groups -OCH3 is 2. The molecular weight excluding hydrogens is 344 g/mol. The molecule has 2 aromatic heterocycles. The monoisotopic (exact) mass is 366 g/mol. The minimum absolute atomic E-state index is 0.174. The molecule has 7 nitrogen and oxygen atoms in total. The highest BCUT2D eigenvalue weighted by Gasteiger charge is 2.17. The molecule has 7 heteroatoms. The molecule has 0 aliphatic rings. The summed E-state index contributed by atoms with van der Waals surface area (Å²) < 4.78 is 12.3. The Balaban J connectivity index is 1.75. The van der Waals surface area contributed by atoms with Crippen molar-refractivity contribution in [1.29, 1.82) is 0 Å². The number of nitrogens with one attached hydrogen (secondary N) is 1. The van der Waals surface area contributed by atoms with E-state index < -0.39 is 0 Å². The van der Waals surface area contributed by atoms with Crippen molar-refractivity contribution in [3.05, 3.63) is 60.0 Å². The average molecular weight is 366 g/mol. The van der Waals surface area contributed by atoms with Crippen LogP contribution in [0.3, 0.4) is 0 Å². The van der Waals surface area contributed by atoms with E-state index >= 15 is 0 Å². The molecule has 1 amide bonds. The number of benzene rings is 1. The highest BCUT2D eigenvalue weighted by molar-refractivity contribution is 5.94. The summed E-state index contributed by atoms with van der Waals surface area (Å²) in [4.78, 5) is 16.5. The fourth-order valence-corrected chi connectivity index (χ4v) is 2.79. The zero-order valence-corrected chi connectivity index (χ0v) is 15.6. The number of nitrogens with zero attached hydrogens (tertiary/aromatic N) is 3. The number of rotatable bonds is 7. The van der Waals surface area contributed by atoms with Gasteiger partial charge in [0.25, 0.3) is 5.91 Å². The highest BCUT2D eigenvalue weighted by atomic mass is 16.5. The number of ether oxygens (including phenoxy) is 2. The zero-order chi connectivity index (χ0) is 19.2. The Morgan fingerprint density at radius 1 is 1.11 bits per heavy atom. The molecule has 27 heavy (non-hydrogen) atoms. The van der Waals surface area contributed by atoms with Crippen LogP contribution < -0.4 is 14.8 Å². The molecule has 0 saturated carbocycles. The molecule has 1 aromatic carbocycles. The minimum atomic E-state index is -0.174. The van der Waals surface area contributed by atoms with Gasteiger partial charge in [0.05, 0.1) is 19.9 Å². The number of carbonyl (C=O) groups excluding carboxylic acids is 1. The second-order valence-corrected chi connectivity index (χ2v) is 5.97. The number of carbonyl (C=O) groups is 1. The van der Waals surface area contributed by atoms with Crippen molar-refractivity contribution in [3.63, 3.8) is 0 Å². The van der Waals surface area contributed by atoms with Gasteiger partial charge in [-0.25, -0.2) is 0 Å². The molecule has 1 N–H and O–H groups in total. The molecule has 0 aliphatic heterocycles. The van der Waals surface area contributed by atoms with E-state index in [9.17, 15) is 4.79 Å². The molecule has 0 bridgehead atoms. The first-order valence-electron chi connectivity index (χ1n) is 8.56. The van der Waals surface area contributed by atoms with Crippen molar-refractivity contribution in [2.75, 3.05) is 20.8 Å². The van der Waals surface area contributed by atoms with Crippen LogP contribution in [-0.4, -0.2) is 41.4 Å². The number of amides is 1. The van der Waals surface area contributed by atoms with Crippen LogP contribution in [0.5, 0.6) is 11.5 Å². The maximum Gasteiger partial charge on any atom is 0.269 e. The van der Waals surface area contributed by atoms with Gasteiger partial charge < -0.3 is 14.8 Å². The number of aryl methyl sites for hydroxylation is 1. The lowest BCUT2D eigenvalue weighted by atomic mass is 10.1. The van der Waals surface area contributed by atoms with Crippen molar-refractivity contribution in [2.45, 2.75) is 6.42 Å². The number of pyridine rings is 1. The van der Waals surface area contributed by atoms with Crippen LogP contribution in [0.15, 0.2) is 48.8 Å². The van der Waals surface area contributed by atoms with E-state index in [1.165, 1.54) is 0 Å². The molecule has 0 aliphatic carbocycles. The van der Waals surface area contributed by atoms with E-state index in [1.807, 2.05) is 30.3 Å². The van der Waals surface area contributed by atoms with Crippen LogP contribution in [0.2, 0.25) is 0 Å². The zero-order valence-electron chi connectivity index (χ0n) is 15.6. The Labute approximate surface area is 158 Å². The predicted molar refractivity (Wildman–Crippen MR) is 102 cm³/mol. The largest absolute Gasteiger partial charge is 0.497 e. The van der Waals surface area contributed by atoms with Gasteiger partial charge in [0, 0.05) is 31.5 Å². The Hall–Kier alpha value is -3.35. The van der Waals surface area contributed by atoms with Crippen molar-refractivity contribution in [2.24, 2.45) is 7.05 Å². The van der Waals surface area contributed by atoms with Gasteiger partial charge in [0.1, 0.15) is 17.2 Å². The molecule has 2 heterocycles. The molecule has 0 radical (unpaired) electrons. The third kappa shape index (κ3) is 4.25. The maximum absolute atomic E-state index is 12.5. The summed E-state index contributed by atoms with van der Waals surface area (Å²) in [7, 11) is 4.95. The van der Waals surface area contributed by atoms with Crippen LogP contribution in [-0.2, 0) is 13.5 Å². The topological polar surface area (TPSA) is 78.3 Å². The predicted octanol–water partition coefficient (Wildman–Crippen LogP) is 2.47. The standard InChI is InChI=1S/C20H22N4O3/c1-24-18(20(25)22-11-8-14-6-9-21-10-7-14)13-17(23-24)16-12-15(26-2)4-5-19(16)27-3/h4-7,9-10,12-13H,8,11H2,1-3H3,(H,22,25). The smallest absolute Gasteiger partial charge is 0.269 e. The molecule has 0 unspecified atom stereocenters. The maximum atomic E-state index is 12.5. The van der Waals surface area contributed by atoms with E-state index in [4.69, 9.17) is 9.47 Å². The van der Waals surface area contributed by atoms with Gasteiger partial charge in [-0.1, -0.05) is 0 Å². The van der Waals surface area contributed by atoms with Gasteiger partial charge in [-0.3, -0.25) is 14.5 Å². The lowest BCUT2D eigenvalue weighted by molar-refractivity contribution is 0.0944. The van der Waals surface area contributed by atoms with Gasteiger partial charge >= 0.3 is 0 Å². The van der Waals surface area contributed by atoms with Gasteiger partial charge in [0.2, 0.25) is 0 Å². The summed E-state index contributed by atoms with van der Waals surface area (Å²) in [6.07, 6.45) is 4.22. The van der Waals surface area contributed by atoms with Gasteiger partial charge in [-0.15, -0.1) is 0 Å². The van der Waals surface area contributed by atoms with Gasteiger partial charge in [-0.05, 0) is 48.4 Å². The molecule has 140 valence electrons. The first kappa shape index (κ1) is 18.4. The molecule has 0 saturated heterocycles. The average Bonchev–Trinajstić information content (AvgIpc) is 3.09. The summed E-state index contributed by atoms with van der Waals surface area (Å²) in [5, 5.41) is 7.39. The Morgan fingerprint density at radius 2 is 1.89 bits per heavy atom. The van der Waals surface area contributed by atoms with E-state index in [-0.39, 0.29) is 5.91 Å². The molecular formula is C20H22N4O3. The summed E-state index contributed by atoms with van der Waals surface area (Å²) in [5.74, 6) is 1.19. The highest BCUT2D eigenvalue weighted by Crippen LogP contribution is 2.32. The van der Waals surface area contributed by atoms with Crippen LogP contribution in [0, 0.1) is 0 Å². The van der Waals surface area contributed by atoms with E-state index in [0.29, 0.717) is 29.4 Å². The molecule has 0 atom stereocenters. The lowest BCUT2D eigenvalue weighted by Gasteiger charge is -2.08. The van der Waals surface area contributed by atoms with Crippen molar-refractivity contribution < 1.29 is 14.3 Å². The quantitative estimate of drug-likeness (QED) is 0.695. The van der Waals surface area contributed by atoms with Crippen LogP contribution in [0.4, 0.5) is 0 Å².